The number of fused-ring (bicyclic) bond motifs is 2. The van der Waals surface area contributed by atoms with Crippen molar-refractivity contribution in [3.8, 4) is 50.6 Å². The van der Waals surface area contributed by atoms with Gasteiger partial charge in [0.1, 0.15) is 0 Å². The molecule has 0 spiro atoms. The van der Waals surface area contributed by atoms with Crippen LogP contribution >= 0.6 is 0 Å². The van der Waals surface area contributed by atoms with E-state index in [-0.39, 0.29) is 31.2 Å². The molecule has 50 heavy (non-hydrogen) atoms. The van der Waals surface area contributed by atoms with Gasteiger partial charge in [0.25, 0.3) is 0 Å². The summed E-state index contributed by atoms with van der Waals surface area (Å²) in [5.74, 6) is 0.793. The average molecular weight is 832 g/mol. The van der Waals surface area contributed by atoms with Crippen LogP contribution in [-0.2, 0) is 20.1 Å². The molecule has 0 aliphatic rings. The Balaban J connectivity index is 0.000000197. The van der Waals surface area contributed by atoms with Gasteiger partial charge in [0.15, 0.2) is 0 Å². The minimum atomic E-state index is -2.18. The molecule has 0 atom stereocenters. The van der Waals surface area contributed by atoms with Crippen molar-refractivity contribution in [3.05, 3.63) is 176 Å². The van der Waals surface area contributed by atoms with Gasteiger partial charge in [-0.2, -0.15) is 0 Å². The fourth-order valence-electron chi connectivity index (χ4n) is 5.78. The first-order chi connectivity index (χ1) is 26.5. The van der Waals surface area contributed by atoms with Crippen LogP contribution in [0.1, 0.15) is 19.4 Å². The van der Waals surface area contributed by atoms with Gasteiger partial charge in [-0.15, -0.1) is 35.4 Å². The number of aryl methyl sites for hydroxylation is 2. The summed E-state index contributed by atoms with van der Waals surface area (Å²) < 4.78 is 56.9. The third-order valence-electron chi connectivity index (χ3n) is 8.24. The van der Waals surface area contributed by atoms with Gasteiger partial charge in [0, 0.05) is 57.6 Å². The summed E-state index contributed by atoms with van der Waals surface area (Å²) in [6.07, 6.45) is 7.85. The SMILES string of the molecule is [2H]C([2H])([2H])c1c[c-]c(-c2ccc(C([2H])([2H])[2H])cn2)cc1.[Ir].[c-]1oc2ccc(-c3ccoc3)cc2c1-c1nc2ccccc2n1-c1ccc(-c2ccccc2)cc1. The molecule has 245 valence electrons. The van der Waals surface area contributed by atoms with Gasteiger partial charge < -0.3 is 18.4 Å². The Kier molecular flexibility index (Phi) is 7.49. The maximum Gasteiger partial charge on any atom is 0.0980 e. The van der Waals surface area contributed by atoms with Gasteiger partial charge >= 0.3 is 0 Å². The topological polar surface area (TPSA) is 57.0 Å². The van der Waals surface area contributed by atoms with Crippen LogP contribution in [0.3, 0.4) is 0 Å². The summed E-state index contributed by atoms with van der Waals surface area (Å²) >= 11 is 0. The molecule has 5 aromatic carbocycles. The van der Waals surface area contributed by atoms with Crippen molar-refractivity contribution in [2.75, 3.05) is 0 Å². The number of nitrogens with zero attached hydrogens (tertiary/aromatic N) is 3. The van der Waals surface area contributed by atoms with Crippen molar-refractivity contribution >= 4 is 22.0 Å². The Hall–Kier alpha value is -5.81. The summed E-state index contributed by atoms with van der Waals surface area (Å²) in [7, 11) is 0. The first-order valence-electron chi connectivity index (χ1n) is 18.6. The summed E-state index contributed by atoms with van der Waals surface area (Å²) in [5.41, 5.74) is 10.6. The normalized spacial score (nSPS) is 13.1. The van der Waals surface area contributed by atoms with Crippen molar-refractivity contribution in [2.24, 2.45) is 0 Å². The van der Waals surface area contributed by atoms with Gasteiger partial charge in [0.2, 0.25) is 0 Å². The first kappa shape index (κ1) is 26.1. The van der Waals surface area contributed by atoms with Crippen LogP contribution in [0.15, 0.2) is 161 Å². The Bertz CT molecular complexity index is 2650. The number of furan rings is 2. The molecular weight excluding hydrogens is 795 g/mol. The molecule has 0 N–H and O–H groups in total. The van der Waals surface area contributed by atoms with Gasteiger partial charge in [0.05, 0.1) is 29.4 Å². The molecule has 9 aromatic rings. The largest absolute Gasteiger partial charge is 0.557 e. The fraction of sp³-hybridized carbons (Fsp3) is 0.0455. The quantitative estimate of drug-likeness (QED) is 0.162. The van der Waals surface area contributed by atoms with Crippen molar-refractivity contribution in [3.63, 3.8) is 0 Å². The van der Waals surface area contributed by atoms with Crippen LogP contribution in [0.4, 0.5) is 0 Å². The number of hydrogen-bond acceptors (Lipinski definition) is 4. The average Bonchev–Trinajstić information content (AvgIpc) is 3.97. The maximum atomic E-state index is 7.28. The molecule has 0 saturated heterocycles. The molecule has 0 aliphatic heterocycles. The fourth-order valence-corrected chi connectivity index (χ4v) is 5.78. The molecule has 0 saturated carbocycles. The molecule has 4 aromatic heterocycles. The minimum Gasteiger partial charge on any atom is -0.557 e. The van der Waals surface area contributed by atoms with Crippen molar-refractivity contribution < 1.29 is 37.2 Å². The second-order valence-corrected chi connectivity index (χ2v) is 11.4. The third kappa shape index (κ3) is 6.59. The Morgan fingerprint density at radius 3 is 2.24 bits per heavy atom. The number of rotatable bonds is 5. The molecule has 6 heteroatoms. The van der Waals surface area contributed by atoms with Crippen LogP contribution in [-0.4, -0.2) is 14.5 Å². The predicted molar refractivity (Wildman–Crippen MR) is 196 cm³/mol. The Labute approximate surface area is 312 Å². The zero-order valence-corrected chi connectivity index (χ0v) is 28.8. The number of imidazole rings is 1. The van der Waals surface area contributed by atoms with E-state index in [0.29, 0.717) is 11.3 Å². The van der Waals surface area contributed by atoms with E-state index in [0.717, 1.165) is 50.2 Å². The van der Waals surface area contributed by atoms with Crippen molar-refractivity contribution in [2.45, 2.75) is 13.7 Å². The zero-order chi connectivity index (χ0) is 38.2. The first-order valence-corrected chi connectivity index (χ1v) is 15.6. The molecule has 5 nitrogen and oxygen atoms in total. The summed E-state index contributed by atoms with van der Waals surface area (Å²) in [6.45, 7) is -4.34. The number of pyridine rings is 1. The molecular formula is C44H31IrN3O2-2. The molecule has 0 bridgehead atoms. The number of aromatic nitrogens is 3. The van der Waals surface area contributed by atoms with Crippen LogP contribution in [0.2, 0.25) is 0 Å². The third-order valence-corrected chi connectivity index (χ3v) is 8.24. The van der Waals surface area contributed by atoms with Crippen molar-refractivity contribution in [1.82, 2.24) is 14.5 Å². The van der Waals surface area contributed by atoms with Crippen molar-refractivity contribution in [1.29, 1.82) is 0 Å². The molecule has 1 radical (unpaired) electrons. The van der Waals surface area contributed by atoms with E-state index in [1.807, 2.05) is 42.5 Å². The van der Waals surface area contributed by atoms with Crippen LogP contribution in [0.25, 0.3) is 72.6 Å². The molecule has 0 amide bonds. The zero-order valence-electron chi connectivity index (χ0n) is 32.4. The van der Waals surface area contributed by atoms with E-state index in [1.54, 1.807) is 24.7 Å². The van der Waals surface area contributed by atoms with Gasteiger partial charge in [-0.3, -0.25) is 4.98 Å². The van der Waals surface area contributed by atoms with E-state index in [1.165, 1.54) is 35.5 Å². The molecule has 9 rings (SSSR count). The Morgan fingerprint density at radius 2 is 1.50 bits per heavy atom. The number of para-hydroxylation sites is 2. The number of benzene rings is 5. The second-order valence-electron chi connectivity index (χ2n) is 11.4. The molecule has 0 unspecified atom stereocenters. The van der Waals surface area contributed by atoms with E-state index in [2.05, 4.69) is 82.5 Å². The smallest absolute Gasteiger partial charge is 0.0980 e. The van der Waals surface area contributed by atoms with Crippen LogP contribution in [0, 0.1) is 26.0 Å². The molecule has 0 fully saturated rings. The van der Waals surface area contributed by atoms with Crippen LogP contribution < -0.4 is 0 Å². The van der Waals surface area contributed by atoms with E-state index in [4.69, 9.17) is 22.0 Å². The summed E-state index contributed by atoms with van der Waals surface area (Å²) in [6, 6.07) is 45.6. The standard InChI is InChI=1S/C31H19N2O2.C13H12N.Ir/c1-2-6-21(7-3-1)22-10-13-25(14-11-22)33-29-9-5-4-8-28(29)32-31(33)27-20-35-30-15-12-23(18-26(27)30)24-16-17-34-19-24;1-10-3-6-12(7-4-10)13-8-5-11(2)9-14-13;/h1-19H;3-6,8-9H,1-2H3;/q2*-1;/i;1D3,2D3;. The van der Waals surface area contributed by atoms with E-state index >= 15 is 0 Å². The minimum absolute atomic E-state index is 0. The summed E-state index contributed by atoms with van der Waals surface area (Å²) in [5, 5.41) is 0.959. The second kappa shape index (κ2) is 14.4. The van der Waals surface area contributed by atoms with Gasteiger partial charge in [-0.05, 0) is 65.1 Å². The van der Waals surface area contributed by atoms with Gasteiger partial charge in [-0.1, -0.05) is 103 Å². The molecule has 0 aliphatic carbocycles. The maximum absolute atomic E-state index is 7.28. The van der Waals surface area contributed by atoms with E-state index in [9.17, 15) is 0 Å². The number of hydrogen-bond donors (Lipinski definition) is 0. The monoisotopic (exact) mass is 832 g/mol. The summed E-state index contributed by atoms with van der Waals surface area (Å²) in [4.78, 5) is 9.08. The predicted octanol–water partition coefficient (Wildman–Crippen LogP) is 11.3. The van der Waals surface area contributed by atoms with E-state index < -0.39 is 13.7 Å². The molecule has 4 heterocycles. The van der Waals surface area contributed by atoms with Crippen LogP contribution in [0.5, 0.6) is 0 Å². The van der Waals surface area contributed by atoms with Gasteiger partial charge in [-0.25, -0.2) is 0 Å². The Morgan fingerprint density at radius 1 is 0.720 bits per heavy atom.